The molecular weight excluding hydrogens is 302 g/mol. The number of pyridine rings is 1. The van der Waals surface area contributed by atoms with E-state index in [1.54, 1.807) is 31.2 Å². The molecule has 4 heteroatoms. The summed E-state index contributed by atoms with van der Waals surface area (Å²) in [5.74, 6) is -0.514. The molecule has 3 rings (SSSR count). The number of ketones is 1. The molecule has 3 aromatic rings. The molecule has 0 N–H and O–H groups in total. The van der Waals surface area contributed by atoms with Crippen molar-refractivity contribution in [3.8, 4) is 11.3 Å². The minimum Gasteiger partial charge on any atom is -0.462 e. The minimum absolute atomic E-state index is 0.0737. The molecule has 24 heavy (non-hydrogen) atoms. The number of rotatable bonds is 4. The number of benzene rings is 2. The number of carbonyl (C=O) groups is 2. The Morgan fingerprint density at radius 3 is 2.46 bits per heavy atom. The summed E-state index contributed by atoms with van der Waals surface area (Å²) in [5.41, 5.74) is 2.77. The molecule has 0 spiro atoms. The molecule has 0 radical (unpaired) electrons. The van der Waals surface area contributed by atoms with Crippen molar-refractivity contribution in [3.05, 3.63) is 65.7 Å². The summed E-state index contributed by atoms with van der Waals surface area (Å²) in [7, 11) is 0. The molecule has 0 unspecified atom stereocenters. The quantitative estimate of drug-likeness (QED) is 0.532. The Hall–Kier alpha value is -3.01. The molecule has 4 nitrogen and oxygen atoms in total. The second kappa shape index (κ2) is 6.62. The van der Waals surface area contributed by atoms with Gasteiger partial charge in [0, 0.05) is 16.5 Å². The van der Waals surface area contributed by atoms with Crippen LogP contribution in [0.1, 0.15) is 34.6 Å². The molecule has 120 valence electrons. The van der Waals surface area contributed by atoms with E-state index in [0.29, 0.717) is 22.4 Å². The number of hydrogen-bond donors (Lipinski definition) is 0. The number of carbonyl (C=O) groups excluding carboxylic acids is 2. The van der Waals surface area contributed by atoms with Gasteiger partial charge in [-0.15, -0.1) is 0 Å². The van der Waals surface area contributed by atoms with E-state index in [1.807, 2.05) is 30.3 Å². The molecule has 0 atom stereocenters. The molecule has 1 heterocycles. The fourth-order valence-electron chi connectivity index (χ4n) is 2.68. The van der Waals surface area contributed by atoms with Gasteiger partial charge in [0.05, 0.1) is 23.4 Å². The lowest BCUT2D eigenvalue weighted by atomic mass is 9.97. The maximum atomic E-state index is 12.4. The van der Waals surface area contributed by atoms with Crippen molar-refractivity contribution in [3.63, 3.8) is 0 Å². The van der Waals surface area contributed by atoms with Crippen LogP contribution in [0.25, 0.3) is 22.2 Å². The van der Waals surface area contributed by atoms with E-state index in [4.69, 9.17) is 4.74 Å². The van der Waals surface area contributed by atoms with E-state index in [2.05, 4.69) is 4.98 Å². The second-order valence-electron chi connectivity index (χ2n) is 5.40. The van der Waals surface area contributed by atoms with Gasteiger partial charge in [0.25, 0.3) is 0 Å². The fourth-order valence-corrected chi connectivity index (χ4v) is 2.68. The van der Waals surface area contributed by atoms with Gasteiger partial charge >= 0.3 is 5.97 Å². The highest BCUT2D eigenvalue weighted by atomic mass is 16.5. The highest BCUT2D eigenvalue weighted by Crippen LogP contribution is 2.29. The van der Waals surface area contributed by atoms with Gasteiger partial charge in [-0.2, -0.15) is 0 Å². The molecule has 1 aromatic heterocycles. The van der Waals surface area contributed by atoms with E-state index < -0.39 is 5.97 Å². The standard InChI is InChI=1S/C20H17NO3/c1-3-24-20(23)17-12-14-8-4-7-11-18(14)21-19(17)16-10-6-5-9-15(16)13(2)22/h4-12H,3H2,1-2H3. The van der Waals surface area contributed by atoms with E-state index in [-0.39, 0.29) is 12.4 Å². The van der Waals surface area contributed by atoms with E-state index in [0.717, 1.165) is 10.9 Å². The fraction of sp³-hybridized carbons (Fsp3) is 0.150. The number of hydrogen-bond acceptors (Lipinski definition) is 4. The summed E-state index contributed by atoms with van der Waals surface area (Å²) in [5, 5.41) is 0.851. The zero-order chi connectivity index (χ0) is 17.1. The largest absolute Gasteiger partial charge is 0.462 e. The van der Waals surface area contributed by atoms with E-state index in [1.165, 1.54) is 6.92 Å². The van der Waals surface area contributed by atoms with Crippen molar-refractivity contribution in [2.45, 2.75) is 13.8 Å². The second-order valence-corrected chi connectivity index (χ2v) is 5.40. The Morgan fingerprint density at radius 1 is 1.00 bits per heavy atom. The molecule has 0 amide bonds. The summed E-state index contributed by atoms with van der Waals surface area (Å²) in [6.07, 6.45) is 0. The van der Waals surface area contributed by atoms with Gasteiger partial charge in [0.1, 0.15) is 0 Å². The van der Waals surface area contributed by atoms with Crippen LogP contribution in [-0.2, 0) is 4.74 Å². The third kappa shape index (κ3) is 2.91. The topological polar surface area (TPSA) is 56.3 Å². The van der Waals surface area contributed by atoms with Gasteiger partial charge in [0.2, 0.25) is 0 Å². The highest BCUT2D eigenvalue weighted by Gasteiger charge is 2.20. The number of Topliss-reactive ketones (excluding diaryl/α,β-unsaturated/α-hetero) is 1. The SMILES string of the molecule is CCOC(=O)c1cc2ccccc2nc1-c1ccccc1C(C)=O. The monoisotopic (exact) mass is 319 g/mol. The van der Waals surface area contributed by atoms with Gasteiger partial charge in [-0.25, -0.2) is 9.78 Å². The van der Waals surface area contributed by atoms with Crippen LogP contribution >= 0.6 is 0 Å². The number of esters is 1. The molecule has 0 saturated carbocycles. The van der Waals surface area contributed by atoms with Crippen LogP contribution in [-0.4, -0.2) is 23.3 Å². The summed E-state index contributed by atoms with van der Waals surface area (Å²) >= 11 is 0. The Kier molecular flexibility index (Phi) is 4.38. The van der Waals surface area contributed by atoms with Crippen molar-refractivity contribution < 1.29 is 14.3 Å². The Labute approximate surface area is 140 Å². The lowest BCUT2D eigenvalue weighted by Gasteiger charge is -2.12. The molecule has 0 saturated heterocycles. The van der Waals surface area contributed by atoms with Gasteiger partial charge in [-0.1, -0.05) is 42.5 Å². The van der Waals surface area contributed by atoms with Gasteiger partial charge in [-0.05, 0) is 26.0 Å². The van der Waals surface area contributed by atoms with Crippen LogP contribution in [0, 0.1) is 0 Å². The van der Waals surface area contributed by atoms with Gasteiger partial charge in [-0.3, -0.25) is 4.79 Å². The smallest absolute Gasteiger partial charge is 0.340 e. The molecule has 2 aromatic carbocycles. The Balaban J connectivity index is 2.31. The van der Waals surface area contributed by atoms with Crippen LogP contribution in [0.2, 0.25) is 0 Å². The maximum Gasteiger partial charge on any atom is 0.340 e. The normalized spacial score (nSPS) is 10.6. The van der Waals surface area contributed by atoms with E-state index >= 15 is 0 Å². The first-order valence-corrected chi connectivity index (χ1v) is 7.79. The number of fused-ring (bicyclic) bond motifs is 1. The summed E-state index contributed by atoms with van der Waals surface area (Å²) < 4.78 is 5.18. The average Bonchev–Trinajstić information content (AvgIpc) is 2.60. The van der Waals surface area contributed by atoms with Crippen LogP contribution < -0.4 is 0 Å². The summed E-state index contributed by atoms with van der Waals surface area (Å²) in [6, 6.07) is 16.5. The first-order valence-electron chi connectivity index (χ1n) is 7.79. The van der Waals surface area contributed by atoms with Crippen molar-refractivity contribution in [2.24, 2.45) is 0 Å². The Bertz CT molecular complexity index is 931. The summed E-state index contributed by atoms with van der Waals surface area (Å²) in [4.78, 5) is 29.0. The van der Waals surface area contributed by atoms with Crippen molar-refractivity contribution in [2.75, 3.05) is 6.61 Å². The third-order valence-electron chi connectivity index (χ3n) is 3.78. The molecule has 0 aliphatic rings. The Morgan fingerprint density at radius 2 is 1.71 bits per heavy atom. The predicted octanol–water partition coefficient (Wildman–Crippen LogP) is 4.28. The van der Waals surface area contributed by atoms with Crippen LogP contribution in [0.3, 0.4) is 0 Å². The van der Waals surface area contributed by atoms with Crippen molar-refractivity contribution >= 4 is 22.7 Å². The zero-order valence-corrected chi connectivity index (χ0v) is 13.6. The van der Waals surface area contributed by atoms with Crippen LogP contribution in [0.15, 0.2) is 54.6 Å². The molecular formula is C20H17NO3. The molecule has 0 fully saturated rings. The first-order chi connectivity index (χ1) is 11.6. The van der Waals surface area contributed by atoms with Crippen molar-refractivity contribution in [1.82, 2.24) is 4.98 Å². The molecule has 0 bridgehead atoms. The minimum atomic E-state index is -0.441. The number of ether oxygens (including phenoxy) is 1. The number of nitrogens with zero attached hydrogens (tertiary/aromatic N) is 1. The first kappa shape index (κ1) is 15.9. The average molecular weight is 319 g/mol. The van der Waals surface area contributed by atoms with Crippen molar-refractivity contribution in [1.29, 1.82) is 0 Å². The number of para-hydroxylation sites is 1. The lowest BCUT2D eigenvalue weighted by Crippen LogP contribution is -2.09. The van der Waals surface area contributed by atoms with Crippen LogP contribution in [0.4, 0.5) is 0 Å². The molecule has 0 aliphatic heterocycles. The molecule has 0 aliphatic carbocycles. The van der Waals surface area contributed by atoms with Gasteiger partial charge < -0.3 is 4.74 Å². The number of aromatic nitrogens is 1. The maximum absolute atomic E-state index is 12.4. The predicted molar refractivity (Wildman–Crippen MR) is 93.1 cm³/mol. The van der Waals surface area contributed by atoms with E-state index in [9.17, 15) is 9.59 Å². The van der Waals surface area contributed by atoms with Gasteiger partial charge in [0.15, 0.2) is 5.78 Å². The summed E-state index contributed by atoms with van der Waals surface area (Å²) in [6.45, 7) is 3.54. The zero-order valence-electron chi connectivity index (χ0n) is 13.6. The third-order valence-corrected chi connectivity index (χ3v) is 3.78. The van der Waals surface area contributed by atoms with Crippen LogP contribution in [0.5, 0.6) is 0 Å². The highest BCUT2D eigenvalue weighted by molar-refractivity contribution is 6.05. The lowest BCUT2D eigenvalue weighted by molar-refractivity contribution is 0.0527.